The van der Waals surface area contributed by atoms with E-state index in [-0.39, 0.29) is 29.0 Å². The van der Waals surface area contributed by atoms with Crippen molar-refractivity contribution in [3.63, 3.8) is 0 Å². The fourth-order valence-electron chi connectivity index (χ4n) is 8.00. The van der Waals surface area contributed by atoms with Crippen molar-refractivity contribution in [1.29, 1.82) is 0 Å². The first-order valence-electron chi connectivity index (χ1n) is 15.8. The van der Waals surface area contributed by atoms with Crippen LogP contribution in [0.4, 0.5) is 0 Å². The molecule has 0 bridgehead atoms. The summed E-state index contributed by atoms with van der Waals surface area (Å²) in [6.07, 6.45) is 8.70. The number of ether oxygens (including phenoxy) is 3. The lowest BCUT2D eigenvalue weighted by molar-refractivity contribution is -0.0350. The van der Waals surface area contributed by atoms with E-state index in [1.165, 1.54) is 5.56 Å². The van der Waals surface area contributed by atoms with Gasteiger partial charge in [0.1, 0.15) is 5.75 Å². The number of Topliss-reactive ketones (excluding diaryl/α,β-unsaturated/α-hetero) is 1. The van der Waals surface area contributed by atoms with Gasteiger partial charge in [0.25, 0.3) is 0 Å². The van der Waals surface area contributed by atoms with Crippen molar-refractivity contribution >= 4 is 5.78 Å². The second kappa shape index (κ2) is 14.3. The molecule has 0 aromatic heterocycles. The van der Waals surface area contributed by atoms with Crippen LogP contribution in [0.3, 0.4) is 0 Å². The van der Waals surface area contributed by atoms with Gasteiger partial charge >= 0.3 is 0 Å². The van der Waals surface area contributed by atoms with E-state index in [4.69, 9.17) is 14.2 Å². The summed E-state index contributed by atoms with van der Waals surface area (Å²) in [5.41, 5.74) is 2.95. The fourth-order valence-corrected chi connectivity index (χ4v) is 8.00. The quantitative estimate of drug-likeness (QED) is 0.235. The van der Waals surface area contributed by atoms with E-state index in [2.05, 4.69) is 19.1 Å². The summed E-state index contributed by atoms with van der Waals surface area (Å²) in [5, 5.41) is 21.0. The van der Waals surface area contributed by atoms with E-state index < -0.39 is 0 Å². The molecule has 3 aliphatic rings. The van der Waals surface area contributed by atoms with Gasteiger partial charge in [-0.1, -0.05) is 62.6 Å². The number of benzene rings is 2. The number of fused-ring (bicyclic) bond motifs is 5. The maximum absolute atomic E-state index is 13.8. The van der Waals surface area contributed by atoms with Gasteiger partial charge in [-0.2, -0.15) is 0 Å². The summed E-state index contributed by atoms with van der Waals surface area (Å²) < 4.78 is 17.0. The monoisotopic (exact) mass is 564 g/mol. The molecule has 0 saturated heterocycles. The Kier molecular flexibility index (Phi) is 10.5. The van der Waals surface area contributed by atoms with Crippen molar-refractivity contribution in [2.24, 2.45) is 23.2 Å². The highest BCUT2D eigenvalue weighted by Gasteiger charge is 2.58. The highest BCUT2D eigenvalue weighted by atomic mass is 16.5. The van der Waals surface area contributed by atoms with Gasteiger partial charge in [0.05, 0.1) is 39.1 Å². The number of aliphatic hydroxyl groups excluding tert-OH is 1. The molecule has 0 radical (unpaired) electrons. The highest BCUT2D eigenvalue weighted by molar-refractivity contribution is 6.01. The zero-order chi connectivity index (χ0) is 28.7. The maximum atomic E-state index is 13.8. The summed E-state index contributed by atoms with van der Waals surface area (Å²) in [5.74, 6) is 1.39. The number of ketones is 1. The lowest BCUT2D eigenvalue weighted by atomic mass is 9.51. The van der Waals surface area contributed by atoms with Crippen LogP contribution in [0.25, 0.3) is 0 Å². The first kappa shape index (κ1) is 30.2. The molecule has 2 aromatic carbocycles. The molecule has 2 saturated carbocycles. The summed E-state index contributed by atoms with van der Waals surface area (Å²) in [6.45, 7) is 5.91. The van der Waals surface area contributed by atoms with E-state index in [0.717, 1.165) is 75.5 Å². The van der Waals surface area contributed by atoms with Gasteiger partial charge in [0.15, 0.2) is 5.78 Å². The Bertz CT molecular complexity index is 1120. The Hall–Kier alpha value is -2.25. The van der Waals surface area contributed by atoms with E-state index in [9.17, 15) is 15.0 Å². The van der Waals surface area contributed by atoms with Crippen LogP contribution >= 0.6 is 0 Å². The maximum Gasteiger partial charge on any atom is 0.166 e. The zero-order valence-corrected chi connectivity index (χ0v) is 24.6. The van der Waals surface area contributed by atoms with Crippen molar-refractivity contribution in [1.82, 2.24) is 0 Å². The molecule has 5 rings (SSSR count). The van der Waals surface area contributed by atoms with Gasteiger partial charge in [-0.15, -0.1) is 0 Å². The summed E-state index contributed by atoms with van der Waals surface area (Å²) in [6, 6.07) is 15.5. The summed E-state index contributed by atoms with van der Waals surface area (Å²) in [7, 11) is 0. The third-order valence-electron chi connectivity index (χ3n) is 10.2. The van der Waals surface area contributed by atoms with Gasteiger partial charge in [0, 0.05) is 18.1 Å². The Morgan fingerprint density at radius 2 is 1.59 bits per heavy atom. The largest absolute Gasteiger partial charge is 0.508 e. The molecule has 2 N–H and O–H groups in total. The number of rotatable bonds is 15. The molecule has 0 amide bonds. The molecule has 6 heteroatoms. The van der Waals surface area contributed by atoms with Crippen LogP contribution in [-0.2, 0) is 20.8 Å². The number of hydrogen-bond acceptors (Lipinski definition) is 6. The number of aromatic hydroxyl groups is 1. The highest BCUT2D eigenvalue weighted by Crippen LogP contribution is 2.62. The van der Waals surface area contributed by atoms with Crippen molar-refractivity contribution in [2.45, 2.75) is 83.3 Å². The molecular formula is C35H48O6. The smallest absolute Gasteiger partial charge is 0.166 e. The van der Waals surface area contributed by atoms with Gasteiger partial charge in [-0.05, 0) is 85.0 Å². The van der Waals surface area contributed by atoms with E-state index in [1.54, 1.807) is 12.1 Å². The predicted molar refractivity (Wildman–Crippen MR) is 159 cm³/mol. The third-order valence-corrected chi connectivity index (χ3v) is 10.2. The molecule has 3 aliphatic carbocycles. The molecule has 41 heavy (non-hydrogen) atoms. The van der Waals surface area contributed by atoms with Gasteiger partial charge < -0.3 is 24.4 Å². The standard InChI is InChI=1S/C35H48O6/c1-35-17-16-28-27-13-12-26(36)23-30(27)34(38)29(33(28)31(35)14-15-32(35)37)11-7-2-3-8-18-39-19-20-40-21-22-41-24-25-9-5-4-6-10-25/h4-6,9-10,12-13,23,28-29,31-33,36-37H,2-3,7-8,11,14-22,24H2,1H3. The number of hydrogen-bond donors (Lipinski definition) is 2. The molecule has 0 heterocycles. The predicted octanol–water partition coefficient (Wildman–Crippen LogP) is 6.68. The lowest BCUT2D eigenvalue weighted by Gasteiger charge is -2.52. The summed E-state index contributed by atoms with van der Waals surface area (Å²) >= 11 is 0. The van der Waals surface area contributed by atoms with Crippen LogP contribution < -0.4 is 0 Å². The van der Waals surface area contributed by atoms with Crippen LogP contribution in [0.2, 0.25) is 0 Å². The minimum atomic E-state index is -0.260. The lowest BCUT2D eigenvalue weighted by Crippen LogP contribution is -2.49. The number of aliphatic hydroxyl groups is 1. The number of phenols is 1. The molecule has 6 unspecified atom stereocenters. The van der Waals surface area contributed by atoms with Gasteiger partial charge in [-0.3, -0.25) is 4.79 Å². The number of carbonyl (C=O) groups excluding carboxylic acids is 1. The van der Waals surface area contributed by atoms with E-state index in [1.807, 2.05) is 24.3 Å². The Labute approximate surface area is 245 Å². The van der Waals surface area contributed by atoms with Crippen LogP contribution in [0.1, 0.15) is 92.1 Å². The van der Waals surface area contributed by atoms with Gasteiger partial charge in [-0.25, -0.2) is 0 Å². The average molecular weight is 565 g/mol. The second-order valence-electron chi connectivity index (χ2n) is 12.6. The van der Waals surface area contributed by atoms with E-state index in [0.29, 0.717) is 50.8 Å². The first-order valence-corrected chi connectivity index (χ1v) is 15.8. The molecular weight excluding hydrogens is 516 g/mol. The third kappa shape index (κ3) is 7.05. The Morgan fingerprint density at radius 3 is 2.39 bits per heavy atom. The Balaban J connectivity index is 0.999. The van der Waals surface area contributed by atoms with Crippen molar-refractivity contribution in [3.05, 3.63) is 65.2 Å². The molecule has 0 aliphatic heterocycles. The van der Waals surface area contributed by atoms with E-state index >= 15 is 0 Å². The first-order chi connectivity index (χ1) is 20.0. The zero-order valence-electron chi connectivity index (χ0n) is 24.6. The molecule has 0 spiro atoms. The van der Waals surface area contributed by atoms with Crippen molar-refractivity contribution in [3.8, 4) is 5.75 Å². The van der Waals surface area contributed by atoms with Crippen molar-refractivity contribution in [2.75, 3.05) is 33.0 Å². The molecule has 6 atom stereocenters. The number of phenolic OH excluding ortho intramolecular Hbond substituents is 1. The van der Waals surface area contributed by atoms with Crippen LogP contribution in [0.15, 0.2) is 48.5 Å². The molecule has 224 valence electrons. The molecule has 6 nitrogen and oxygen atoms in total. The van der Waals surface area contributed by atoms with Crippen LogP contribution in [0, 0.1) is 23.2 Å². The van der Waals surface area contributed by atoms with Gasteiger partial charge in [0.2, 0.25) is 0 Å². The summed E-state index contributed by atoms with van der Waals surface area (Å²) in [4.78, 5) is 13.8. The van der Waals surface area contributed by atoms with Crippen LogP contribution in [-0.4, -0.2) is 55.1 Å². The topological polar surface area (TPSA) is 85.2 Å². The molecule has 2 aromatic rings. The fraction of sp³-hybridized carbons (Fsp3) is 0.629. The van der Waals surface area contributed by atoms with Crippen LogP contribution in [0.5, 0.6) is 5.75 Å². The minimum absolute atomic E-state index is 0.0192. The average Bonchev–Trinajstić information content (AvgIpc) is 3.29. The number of unbranched alkanes of at least 4 members (excludes halogenated alkanes) is 3. The second-order valence-corrected chi connectivity index (χ2v) is 12.6. The normalized spacial score (nSPS) is 28.7. The minimum Gasteiger partial charge on any atom is -0.508 e. The SMILES string of the molecule is CC12CCC3c4ccc(O)cc4C(=O)C(CCCCCCOCCOCCOCc4ccccc4)C3C1CCC2O. The Morgan fingerprint density at radius 1 is 0.854 bits per heavy atom. The number of carbonyl (C=O) groups is 1. The molecule has 2 fully saturated rings. The van der Waals surface area contributed by atoms with Crippen molar-refractivity contribution < 1.29 is 29.2 Å².